The Kier molecular flexibility index (Phi) is 7.96. The van der Waals surface area contributed by atoms with Crippen molar-refractivity contribution in [2.45, 2.75) is 52.0 Å². The standard InChI is InChI=1S/C15H23BrClN/c1-3-5-6-7-8-15(18-4-2)13-10-9-12(16)11-14(13)17/h9-11,15,18H,3-8H2,1-2H3. The Hall–Kier alpha value is -0.0500. The second-order valence-electron chi connectivity index (χ2n) is 4.63. The van der Waals surface area contributed by atoms with Gasteiger partial charge in [0.15, 0.2) is 0 Å². The largest absolute Gasteiger partial charge is 0.310 e. The molecule has 1 nitrogen and oxygen atoms in total. The van der Waals surface area contributed by atoms with E-state index in [1.54, 1.807) is 0 Å². The summed E-state index contributed by atoms with van der Waals surface area (Å²) in [5.74, 6) is 0. The van der Waals surface area contributed by atoms with E-state index >= 15 is 0 Å². The summed E-state index contributed by atoms with van der Waals surface area (Å²) in [4.78, 5) is 0. The van der Waals surface area contributed by atoms with Crippen LogP contribution in [0.5, 0.6) is 0 Å². The quantitative estimate of drug-likeness (QED) is 0.600. The van der Waals surface area contributed by atoms with Crippen molar-refractivity contribution in [3.05, 3.63) is 33.3 Å². The maximum atomic E-state index is 6.33. The summed E-state index contributed by atoms with van der Waals surface area (Å²) in [5, 5.41) is 4.39. The van der Waals surface area contributed by atoms with E-state index in [0.29, 0.717) is 6.04 Å². The lowest BCUT2D eigenvalue weighted by atomic mass is 10.00. The molecule has 1 aromatic rings. The molecule has 0 amide bonds. The fourth-order valence-electron chi connectivity index (χ4n) is 2.17. The highest BCUT2D eigenvalue weighted by Crippen LogP contribution is 2.29. The Bertz CT molecular complexity index is 354. The van der Waals surface area contributed by atoms with Gasteiger partial charge in [-0.25, -0.2) is 0 Å². The third-order valence-corrected chi connectivity index (χ3v) is 3.96. The predicted octanol–water partition coefficient (Wildman–Crippen LogP) is 5.72. The van der Waals surface area contributed by atoms with Crippen molar-refractivity contribution >= 4 is 27.5 Å². The molecule has 1 rings (SSSR count). The zero-order valence-electron chi connectivity index (χ0n) is 11.3. The zero-order valence-corrected chi connectivity index (χ0v) is 13.6. The first kappa shape index (κ1) is 16.0. The molecule has 1 atom stereocenters. The maximum absolute atomic E-state index is 6.33. The summed E-state index contributed by atoms with van der Waals surface area (Å²) in [6.45, 7) is 5.37. The van der Waals surface area contributed by atoms with Gasteiger partial charge in [-0.3, -0.25) is 0 Å². The normalized spacial score (nSPS) is 12.7. The lowest BCUT2D eigenvalue weighted by Crippen LogP contribution is -2.21. The van der Waals surface area contributed by atoms with Gasteiger partial charge in [-0.2, -0.15) is 0 Å². The van der Waals surface area contributed by atoms with Crippen LogP contribution >= 0.6 is 27.5 Å². The lowest BCUT2D eigenvalue weighted by Gasteiger charge is -2.19. The lowest BCUT2D eigenvalue weighted by molar-refractivity contribution is 0.482. The van der Waals surface area contributed by atoms with Crippen LogP contribution in [0.3, 0.4) is 0 Å². The first-order valence-corrected chi connectivity index (χ1v) is 8.04. The molecular weight excluding hydrogens is 310 g/mol. The van der Waals surface area contributed by atoms with Crippen LogP contribution in [0.25, 0.3) is 0 Å². The second-order valence-corrected chi connectivity index (χ2v) is 5.95. The Labute approximate surface area is 124 Å². The first-order valence-electron chi connectivity index (χ1n) is 6.87. The minimum Gasteiger partial charge on any atom is -0.310 e. The predicted molar refractivity (Wildman–Crippen MR) is 84.3 cm³/mol. The van der Waals surface area contributed by atoms with Gasteiger partial charge in [-0.15, -0.1) is 0 Å². The first-order chi connectivity index (χ1) is 8.69. The summed E-state index contributed by atoms with van der Waals surface area (Å²) >= 11 is 9.78. The van der Waals surface area contributed by atoms with Gasteiger partial charge in [-0.05, 0) is 30.7 Å². The number of hydrogen-bond acceptors (Lipinski definition) is 1. The number of halogens is 2. The van der Waals surface area contributed by atoms with E-state index in [9.17, 15) is 0 Å². The van der Waals surface area contributed by atoms with E-state index in [2.05, 4.69) is 47.2 Å². The van der Waals surface area contributed by atoms with Crippen molar-refractivity contribution in [2.24, 2.45) is 0 Å². The SMILES string of the molecule is CCCCCCC(NCC)c1ccc(Br)cc1Cl. The Morgan fingerprint density at radius 3 is 2.61 bits per heavy atom. The summed E-state index contributed by atoms with van der Waals surface area (Å²) in [6.07, 6.45) is 6.34. The molecule has 0 spiro atoms. The van der Waals surface area contributed by atoms with Gasteiger partial charge in [0, 0.05) is 15.5 Å². The van der Waals surface area contributed by atoms with Crippen molar-refractivity contribution in [1.29, 1.82) is 0 Å². The highest BCUT2D eigenvalue weighted by molar-refractivity contribution is 9.10. The second kappa shape index (κ2) is 8.95. The molecule has 0 aromatic heterocycles. The molecule has 0 aliphatic carbocycles. The number of unbranched alkanes of at least 4 members (excludes halogenated alkanes) is 3. The van der Waals surface area contributed by atoms with Gasteiger partial charge >= 0.3 is 0 Å². The molecule has 1 aromatic carbocycles. The molecule has 0 aliphatic rings. The molecule has 3 heteroatoms. The molecule has 0 saturated carbocycles. The molecule has 0 aliphatic heterocycles. The van der Waals surface area contributed by atoms with Crippen LogP contribution in [0.4, 0.5) is 0 Å². The van der Waals surface area contributed by atoms with E-state index in [1.807, 2.05) is 6.07 Å². The van der Waals surface area contributed by atoms with Crippen molar-refractivity contribution in [2.75, 3.05) is 6.54 Å². The van der Waals surface area contributed by atoms with Crippen LogP contribution in [-0.2, 0) is 0 Å². The van der Waals surface area contributed by atoms with Crippen LogP contribution in [0.15, 0.2) is 22.7 Å². The van der Waals surface area contributed by atoms with Gasteiger partial charge in [0.2, 0.25) is 0 Å². The highest BCUT2D eigenvalue weighted by atomic mass is 79.9. The summed E-state index contributed by atoms with van der Waals surface area (Å²) in [6, 6.07) is 6.55. The molecule has 0 bridgehead atoms. The molecule has 0 radical (unpaired) electrons. The topological polar surface area (TPSA) is 12.0 Å². The van der Waals surface area contributed by atoms with Crippen LogP contribution < -0.4 is 5.32 Å². The molecule has 102 valence electrons. The van der Waals surface area contributed by atoms with Gasteiger partial charge in [0.1, 0.15) is 0 Å². The van der Waals surface area contributed by atoms with E-state index < -0.39 is 0 Å². The summed E-state index contributed by atoms with van der Waals surface area (Å²) in [5.41, 5.74) is 1.22. The molecule has 18 heavy (non-hydrogen) atoms. The van der Waals surface area contributed by atoms with Crippen LogP contribution in [0, 0.1) is 0 Å². The molecular formula is C15H23BrClN. The molecule has 0 fully saturated rings. The summed E-state index contributed by atoms with van der Waals surface area (Å²) in [7, 11) is 0. The van der Waals surface area contributed by atoms with Crippen LogP contribution in [0.1, 0.15) is 57.6 Å². The molecule has 1 unspecified atom stereocenters. The average molecular weight is 333 g/mol. The minimum atomic E-state index is 0.382. The minimum absolute atomic E-state index is 0.382. The van der Waals surface area contributed by atoms with Crippen molar-refractivity contribution in [3.8, 4) is 0 Å². The van der Waals surface area contributed by atoms with Gasteiger partial charge < -0.3 is 5.32 Å². The molecule has 0 saturated heterocycles. The third kappa shape index (κ3) is 5.29. The number of nitrogens with one attached hydrogen (secondary N) is 1. The van der Waals surface area contributed by atoms with Gasteiger partial charge in [0.05, 0.1) is 0 Å². The average Bonchev–Trinajstić information content (AvgIpc) is 2.34. The van der Waals surface area contributed by atoms with E-state index in [4.69, 9.17) is 11.6 Å². The number of benzene rings is 1. The Morgan fingerprint density at radius 2 is 2.00 bits per heavy atom. The zero-order chi connectivity index (χ0) is 13.4. The fraction of sp³-hybridized carbons (Fsp3) is 0.600. The Morgan fingerprint density at radius 1 is 1.22 bits per heavy atom. The maximum Gasteiger partial charge on any atom is 0.0465 e. The van der Waals surface area contributed by atoms with Gasteiger partial charge in [0.25, 0.3) is 0 Å². The molecule has 1 N–H and O–H groups in total. The third-order valence-electron chi connectivity index (χ3n) is 3.13. The van der Waals surface area contributed by atoms with E-state index in [0.717, 1.165) is 22.5 Å². The molecule has 0 heterocycles. The van der Waals surface area contributed by atoms with E-state index in [1.165, 1.54) is 31.2 Å². The van der Waals surface area contributed by atoms with Crippen LogP contribution in [-0.4, -0.2) is 6.54 Å². The van der Waals surface area contributed by atoms with Gasteiger partial charge in [-0.1, -0.05) is 73.1 Å². The fourth-order valence-corrected chi connectivity index (χ4v) is 2.98. The number of hydrogen-bond donors (Lipinski definition) is 1. The van der Waals surface area contributed by atoms with Crippen LogP contribution in [0.2, 0.25) is 5.02 Å². The monoisotopic (exact) mass is 331 g/mol. The van der Waals surface area contributed by atoms with E-state index in [-0.39, 0.29) is 0 Å². The van der Waals surface area contributed by atoms with Crippen molar-refractivity contribution in [3.63, 3.8) is 0 Å². The van der Waals surface area contributed by atoms with Crippen molar-refractivity contribution in [1.82, 2.24) is 5.32 Å². The highest BCUT2D eigenvalue weighted by Gasteiger charge is 2.13. The van der Waals surface area contributed by atoms with Crippen molar-refractivity contribution < 1.29 is 0 Å². The smallest absolute Gasteiger partial charge is 0.0465 e. The Balaban J connectivity index is 2.64. The number of rotatable bonds is 8. The summed E-state index contributed by atoms with van der Waals surface area (Å²) < 4.78 is 1.04.